The van der Waals surface area contributed by atoms with Gasteiger partial charge in [-0.1, -0.05) is 30.3 Å². The highest BCUT2D eigenvalue weighted by Gasteiger charge is 2.27. The number of aryl methyl sites for hydroxylation is 1. The number of hydrogen-bond donors (Lipinski definition) is 1. The Hall–Kier alpha value is -3.61. The summed E-state index contributed by atoms with van der Waals surface area (Å²) in [6, 6.07) is 17.2. The lowest BCUT2D eigenvalue weighted by Gasteiger charge is -2.11. The van der Waals surface area contributed by atoms with Gasteiger partial charge < -0.3 is 5.32 Å². The van der Waals surface area contributed by atoms with Crippen molar-refractivity contribution in [2.24, 2.45) is 7.05 Å². The van der Waals surface area contributed by atoms with Gasteiger partial charge in [-0.3, -0.25) is 9.78 Å². The minimum absolute atomic E-state index is 0.145. The maximum atomic E-state index is 13.1. The van der Waals surface area contributed by atoms with Crippen molar-refractivity contribution in [3.8, 4) is 11.4 Å². The van der Waals surface area contributed by atoms with Gasteiger partial charge in [-0.15, -0.1) is 5.10 Å². The highest BCUT2D eigenvalue weighted by molar-refractivity contribution is 6.12. The van der Waals surface area contributed by atoms with Crippen molar-refractivity contribution in [3.05, 3.63) is 65.9 Å². The van der Waals surface area contributed by atoms with E-state index in [9.17, 15) is 4.79 Å². The lowest BCUT2D eigenvalue weighted by molar-refractivity contribution is 0.102. The van der Waals surface area contributed by atoms with Crippen molar-refractivity contribution in [1.82, 2.24) is 25.2 Å². The summed E-state index contributed by atoms with van der Waals surface area (Å²) in [4.78, 5) is 17.8. The number of hydrogen-bond acceptors (Lipinski definition) is 5. The molecule has 2 heterocycles. The second kappa shape index (κ2) is 6.53. The van der Waals surface area contributed by atoms with Crippen molar-refractivity contribution in [3.63, 3.8) is 0 Å². The molecule has 0 radical (unpaired) electrons. The molecule has 28 heavy (non-hydrogen) atoms. The quantitative estimate of drug-likeness (QED) is 0.594. The molecule has 7 heteroatoms. The van der Waals surface area contributed by atoms with Crippen LogP contribution in [0, 0.1) is 0 Å². The van der Waals surface area contributed by atoms with Gasteiger partial charge in [0.1, 0.15) is 0 Å². The maximum Gasteiger partial charge on any atom is 0.256 e. The number of rotatable bonds is 4. The zero-order chi connectivity index (χ0) is 19.1. The minimum Gasteiger partial charge on any atom is -0.322 e. The number of benzene rings is 2. The second-order valence-corrected chi connectivity index (χ2v) is 7.05. The molecule has 1 saturated carbocycles. The van der Waals surface area contributed by atoms with Crippen LogP contribution in [0.3, 0.4) is 0 Å². The Bertz CT molecular complexity index is 1190. The third-order valence-electron chi connectivity index (χ3n) is 4.98. The molecule has 138 valence electrons. The van der Waals surface area contributed by atoms with Crippen molar-refractivity contribution in [1.29, 1.82) is 0 Å². The molecule has 0 aliphatic heterocycles. The summed E-state index contributed by atoms with van der Waals surface area (Å²) < 4.78 is 1.60. The number of carbonyl (C=O) groups is 1. The van der Waals surface area contributed by atoms with E-state index in [2.05, 4.69) is 20.8 Å². The SMILES string of the molecule is Cn1nnnc1-c1cccc(NC(=O)c2cc(C3CC3)nc3ccccc23)c1. The number of fused-ring (bicyclic) bond motifs is 1. The number of anilines is 1. The van der Waals surface area contributed by atoms with Crippen molar-refractivity contribution < 1.29 is 4.79 Å². The Morgan fingerprint density at radius 1 is 1.11 bits per heavy atom. The third kappa shape index (κ3) is 3.00. The topological polar surface area (TPSA) is 85.6 Å². The molecule has 0 spiro atoms. The van der Waals surface area contributed by atoms with E-state index in [1.54, 1.807) is 11.7 Å². The monoisotopic (exact) mass is 370 g/mol. The summed E-state index contributed by atoms with van der Waals surface area (Å²) >= 11 is 0. The molecule has 1 aliphatic carbocycles. The van der Waals surface area contributed by atoms with Gasteiger partial charge in [0.25, 0.3) is 5.91 Å². The highest BCUT2D eigenvalue weighted by Crippen LogP contribution is 2.40. The van der Waals surface area contributed by atoms with E-state index in [0.717, 1.165) is 35.0 Å². The molecular formula is C21H18N6O. The van der Waals surface area contributed by atoms with Gasteiger partial charge in [-0.05, 0) is 47.5 Å². The van der Waals surface area contributed by atoms with E-state index >= 15 is 0 Å². The fourth-order valence-electron chi connectivity index (χ4n) is 3.38. The molecule has 5 rings (SSSR count). The lowest BCUT2D eigenvalue weighted by atomic mass is 10.0. The molecule has 0 unspecified atom stereocenters. The predicted molar refractivity (Wildman–Crippen MR) is 106 cm³/mol. The minimum atomic E-state index is -0.145. The molecule has 1 N–H and O–H groups in total. The van der Waals surface area contributed by atoms with Gasteiger partial charge in [0.15, 0.2) is 5.82 Å². The molecule has 0 saturated heterocycles. The normalized spacial score (nSPS) is 13.6. The standard InChI is InChI=1S/C21H18N6O/c1-27-20(24-25-26-27)14-5-4-6-15(11-14)22-21(28)17-12-19(13-9-10-13)23-18-8-3-2-7-16(17)18/h2-8,11-13H,9-10H2,1H3,(H,22,28). The van der Waals surface area contributed by atoms with Crippen LogP contribution in [0.5, 0.6) is 0 Å². The smallest absolute Gasteiger partial charge is 0.256 e. The Kier molecular flexibility index (Phi) is 3.86. The van der Waals surface area contributed by atoms with Crippen LogP contribution in [0.4, 0.5) is 5.69 Å². The van der Waals surface area contributed by atoms with Gasteiger partial charge in [0.05, 0.1) is 11.1 Å². The first kappa shape index (κ1) is 16.6. The molecule has 2 aromatic heterocycles. The predicted octanol–water partition coefficient (Wildman–Crippen LogP) is 3.56. The lowest BCUT2D eigenvalue weighted by Crippen LogP contribution is -2.13. The van der Waals surface area contributed by atoms with E-state index in [-0.39, 0.29) is 5.91 Å². The average molecular weight is 370 g/mol. The van der Waals surface area contributed by atoms with Crippen LogP contribution in [0.25, 0.3) is 22.3 Å². The largest absolute Gasteiger partial charge is 0.322 e. The number of aromatic nitrogens is 5. The molecule has 1 amide bonds. The molecule has 2 aromatic carbocycles. The number of nitrogens with zero attached hydrogens (tertiary/aromatic N) is 5. The van der Waals surface area contributed by atoms with E-state index in [0.29, 0.717) is 23.0 Å². The molecule has 7 nitrogen and oxygen atoms in total. The van der Waals surface area contributed by atoms with Gasteiger partial charge >= 0.3 is 0 Å². The third-order valence-corrected chi connectivity index (χ3v) is 4.98. The average Bonchev–Trinajstić information content (AvgIpc) is 3.48. The summed E-state index contributed by atoms with van der Waals surface area (Å²) in [5, 5.41) is 15.4. The van der Waals surface area contributed by atoms with Gasteiger partial charge in [0.2, 0.25) is 0 Å². The highest BCUT2D eigenvalue weighted by atomic mass is 16.1. The Labute approximate surface area is 161 Å². The summed E-state index contributed by atoms with van der Waals surface area (Å²) in [6.45, 7) is 0. The van der Waals surface area contributed by atoms with Crippen LogP contribution in [0.1, 0.15) is 34.8 Å². The van der Waals surface area contributed by atoms with Crippen LogP contribution in [0.15, 0.2) is 54.6 Å². The summed E-state index contributed by atoms with van der Waals surface area (Å²) in [7, 11) is 1.78. The van der Waals surface area contributed by atoms with Crippen LogP contribution in [-0.4, -0.2) is 31.1 Å². The number of tetrazole rings is 1. The van der Waals surface area contributed by atoms with E-state index < -0.39 is 0 Å². The van der Waals surface area contributed by atoms with E-state index in [1.165, 1.54) is 0 Å². The second-order valence-electron chi connectivity index (χ2n) is 7.05. The molecule has 0 atom stereocenters. The molecule has 1 aliphatic rings. The van der Waals surface area contributed by atoms with Crippen LogP contribution >= 0.6 is 0 Å². The zero-order valence-corrected chi connectivity index (χ0v) is 15.3. The van der Waals surface area contributed by atoms with Crippen LogP contribution in [0.2, 0.25) is 0 Å². The molecule has 4 aromatic rings. The summed E-state index contributed by atoms with van der Waals surface area (Å²) in [5.74, 6) is 0.970. The number of para-hydroxylation sites is 1. The van der Waals surface area contributed by atoms with Crippen molar-refractivity contribution in [2.75, 3.05) is 5.32 Å². The van der Waals surface area contributed by atoms with Gasteiger partial charge in [-0.25, -0.2) is 4.68 Å². The number of pyridine rings is 1. The van der Waals surface area contributed by atoms with Crippen molar-refractivity contribution >= 4 is 22.5 Å². The number of nitrogens with one attached hydrogen (secondary N) is 1. The van der Waals surface area contributed by atoms with Crippen LogP contribution in [-0.2, 0) is 7.05 Å². The van der Waals surface area contributed by atoms with Crippen molar-refractivity contribution in [2.45, 2.75) is 18.8 Å². The Balaban J connectivity index is 1.50. The maximum absolute atomic E-state index is 13.1. The molecular weight excluding hydrogens is 352 g/mol. The molecule has 1 fully saturated rings. The van der Waals surface area contributed by atoms with Gasteiger partial charge in [-0.2, -0.15) is 0 Å². The zero-order valence-electron chi connectivity index (χ0n) is 15.3. The Morgan fingerprint density at radius 3 is 2.75 bits per heavy atom. The fraction of sp³-hybridized carbons (Fsp3) is 0.190. The number of carbonyl (C=O) groups excluding carboxylic acids is 1. The first-order valence-electron chi connectivity index (χ1n) is 9.23. The van der Waals surface area contributed by atoms with Gasteiger partial charge in [0, 0.05) is 35.3 Å². The van der Waals surface area contributed by atoms with E-state index in [4.69, 9.17) is 4.98 Å². The fourth-order valence-corrected chi connectivity index (χ4v) is 3.38. The van der Waals surface area contributed by atoms with E-state index in [1.807, 2.05) is 54.6 Å². The Morgan fingerprint density at radius 2 is 1.96 bits per heavy atom. The number of amides is 1. The molecule has 0 bridgehead atoms. The first-order valence-corrected chi connectivity index (χ1v) is 9.23. The van der Waals surface area contributed by atoms with Crippen LogP contribution < -0.4 is 5.32 Å². The summed E-state index contributed by atoms with van der Waals surface area (Å²) in [5.41, 5.74) is 4.04. The first-order chi connectivity index (χ1) is 13.7. The summed E-state index contributed by atoms with van der Waals surface area (Å²) in [6.07, 6.45) is 2.28.